The first kappa shape index (κ1) is 32.1. The number of amides is 1. The standard InChI is InChI=1S/C32H50FN7O2/c1-10-40(23(4)5)30(41)25-17-24(33)11-12-27(25)42-29-28(34-21-35-36-29)38-16-15-32(18-38)19-39(20-32)26(22(2)3)13-14-31(6,7)37(8)9/h11-12,17,21-23,26H,10,13-16,18-20H2,1-9H3/t26-/m0/s1. The lowest BCUT2D eigenvalue weighted by atomic mass is 9.76. The zero-order chi connectivity index (χ0) is 30.8. The van der Waals surface area contributed by atoms with E-state index in [1.54, 1.807) is 4.90 Å². The van der Waals surface area contributed by atoms with Crippen LogP contribution in [-0.4, -0.2) is 100 Å². The van der Waals surface area contributed by atoms with Crippen LogP contribution < -0.4 is 9.64 Å². The Kier molecular flexibility index (Phi) is 9.77. The Labute approximate surface area is 251 Å². The van der Waals surface area contributed by atoms with Gasteiger partial charge in [-0.1, -0.05) is 13.8 Å². The third-order valence-electron chi connectivity index (χ3n) is 9.49. The lowest BCUT2D eigenvalue weighted by molar-refractivity contribution is -0.0373. The lowest BCUT2D eigenvalue weighted by Crippen LogP contribution is -2.62. The van der Waals surface area contributed by atoms with Crippen molar-refractivity contribution in [3.8, 4) is 11.6 Å². The summed E-state index contributed by atoms with van der Waals surface area (Å²) in [6.07, 6.45) is 4.84. The molecule has 9 nitrogen and oxygen atoms in total. The van der Waals surface area contributed by atoms with E-state index in [-0.39, 0.29) is 40.1 Å². The van der Waals surface area contributed by atoms with Crippen LogP contribution in [0.1, 0.15) is 78.1 Å². The molecule has 0 unspecified atom stereocenters. The van der Waals surface area contributed by atoms with Crippen molar-refractivity contribution < 1.29 is 13.9 Å². The SMILES string of the molecule is CCN(C(=O)c1cc(F)ccc1Oc1nncnc1N1CCC2(C1)CN([C@@H](CCC(C)(C)N(C)C)C(C)C)C2)C(C)C. The van der Waals surface area contributed by atoms with Gasteiger partial charge >= 0.3 is 0 Å². The van der Waals surface area contributed by atoms with Crippen LogP contribution in [0.15, 0.2) is 24.5 Å². The van der Waals surface area contributed by atoms with E-state index in [0.717, 1.165) is 39.0 Å². The van der Waals surface area contributed by atoms with E-state index in [0.29, 0.717) is 24.3 Å². The molecule has 232 valence electrons. The molecule has 2 aliphatic heterocycles. The molecule has 0 aliphatic carbocycles. The largest absolute Gasteiger partial charge is 0.434 e. The average molecular weight is 584 g/mol. The fourth-order valence-electron chi connectivity index (χ4n) is 6.39. The first-order valence-corrected chi connectivity index (χ1v) is 15.4. The molecule has 42 heavy (non-hydrogen) atoms. The monoisotopic (exact) mass is 583 g/mol. The zero-order valence-corrected chi connectivity index (χ0v) is 27.0. The maximum atomic E-state index is 14.3. The van der Waals surface area contributed by atoms with Crippen LogP contribution in [0.5, 0.6) is 11.6 Å². The van der Waals surface area contributed by atoms with Gasteiger partial charge in [0.25, 0.3) is 11.8 Å². The molecule has 2 fully saturated rings. The second-order valence-electron chi connectivity index (χ2n) is 13.6. The number of hydrogen-bond acceptors (Lipinski definition) is 8. The van der Waals surface area contributed by atoms with E-state index in [9.17, 15) is 9.18 Å². The van der Waals surface area contributed by atoms with Crippen molar-refractivity contribution in [3.63, 3.8) is 0 Å². The van der Waals surface area contributed by atoms with E-state index < -0.39 is 5.82 Å². The Morgan fingerprint density at radius 3 is 2.50 bits per heavy atom. The lowest BCUT2D eigenvalue weighted by Gasteiger charge is -2.53. The van der Waals surface area contributed by atoms with Crippen LogP contribution in [0, 0.1) is 17.2 Å². The number of ether oxygens (including phenoxy) is 1. The Bertz CT molecular complexity index is 1230. The summed E-state index contributed by atoms with van der Waals surface area (Å²) < 4.78 is 20.5. The topological polar surface area (TPSA) is 77.9 Å². The first-order valence-electron chi connectivity index (χ1n) is 15.4. The quantitative estimate of drug-likeness (QED) is 0.332. The highest BCUT2D eigenvalue weighted by Crippen LogP contribution is 2.45. The predicted octanol–water partition coefficient (Wildman–Crippen LogP) is 5.33. The minimum absolute atomic E-state index is 0.0371. The Morgan fingerprint density at radius 1 is 1.17 bits per heavy atom. The molecule has 1 amide bonds. The normalized spacial score (nSPS) is 17.8. The molecule has 0 saturated carbocycles. The number of aromatic nitrogens is 3. The third kappa shape index (κ3) is 6.86. The van der Waals surface area contributed by atoms with Crippen molar-refractivity contribution in [1.29, 1.82) is 0 Å². The van der Waals surface area contributed by atoms with Gasteiger partial charge in [-0.05, 0) is 92.1 Å². The van der Waals surface area contributed by atoms with Gasteiger partial charge in [-0.3, -0.25) is 9.69 Å². The number of benzene rings is 1. The van der Waals surface area contributed by atoms with Crippen LogP contribution >= 0.6 is 0 Å². The third-order valence-corrected chi connectivity index (χ3v) is 9.49. The minimum Gasteiger partial charge on any atom is -0.434 e. The molecule has 1 aromatic heterocycles. The van der Waals surface area contributed by atoms with Crippen molar-refractivity contribution in [1.82, 2.24) is 29.9 Å². The van der Waals surface area contributed by atoms with Crippen molar-refractivity contribution in [2.24, 2.45) is 11.3 Å². The Balaban J connectivity index is 1.47. The molecular formula is C32H50FN7O2. The van der Waals surface area contributed by atoms with Gasteiger partial charge in [0.15, 0.2) is 5.82 Å². The van der Waals surface area contributed by atoms with Crippen molar-refractivity contribution in [3.05, 3.63) is 35.9 Å². The molecule has 1 spiro atoms. The van der Waals surface area contributed by atoms with Gasteiger partial charge in [0.1, 0.15) is 17.9 Å². The summed E-state index contributed by atoms with van der Waals surface area (Å²) in [6, 6.07) is 4.52. The number of carbonyl (C=O) groups is 1. The van der Waals surface area contributed by atoms with Crippen molar-refractivity contribution >= 4 is 11.7 Å². The summed E-state index contributed by atoms with van der Waals surface area (Å²) >= 11 is 0. The summed E-state index contributed by atoms with van der Waals surface area (Å²) in [6.45, 7) is 19.4. The summed E-state index contributed by atoms with van der Waals surface area (Å²) in [4.78, 5) is 26.8. The maximum Gasteiger partial charge on any atom is 0.282 e. The highest BCUT2D eigenvalue weighted by Gasteiger charge is 2.50. The van der Waals surface area contributed by atoms with Crippen LogP contribution in [0.4, 0.5) is 10.2 Å². The highest BCUT2D eigenvalue weighted by molar-refractivity contribution is 5.97. The maximum absolute atomic E-state index is 14.3. The van der Waals surface area contributed by atoms with Crippen molar-refractivity contribution in [2.45, 2.75) is 85.4 Å². The van der Waals surface area contributed by atoms with Gasteiger partial charge in [-0.2, -0.15) is 0 Å². The smallest absolute Gasteiger partial charge is 0.282 e. The summed E-state index contributed by atoms with van der Waals surface area (Å²) in [7, 11) is 4.33. The van der Waals surface area contributed by atoms with Gasteiger partial charge in [-0.15, -0.1) is 10.2 Å². The van der Waals surface area contributed by atoms with E-state index in [1.165, 1.54) is 30.9 Å². The first-order chi connectivity index (χ1) is 19.8. The van der Waals surface area contributed by atoms with Gasteiger partial charge in [0, 0.05) is 55.8 Å². The number of halogens is 1. The second kappa shape index (κ2) is 12.8. The van der Waals surface area contributed by atoms with Gasteiger partial charge < -0.3 is 19.4 Å². The van der Waals surface area contributed by atoms with Gasteiger partial charge in [0.2, 0.25) is 0 Å². The Morgan fingerprint density at radius 2 is 1.88 bits per heavy atom. The van der Waals surface area contributed by atoms with E-state index in [1.807, 2.05) is 20.8 Å². The van der Waals surface area contributed by atoms with E-state index in [2.05, 4.69) is 71.7 Å². The minimum atomic E-state index is -0.496. The molecule has 0 radical (unpaired) electrons. The predicted molar refractivity (Wildman–Crippen MR) is 165 cm³/mol. The molecule has 1 aromatic carbocycles. The molecule has 3 heterocycles. The zero-order valence-electron chi connectivity index (χ0n) is 27.0. The number of nitrogens with zero attached hydrogens (tertiary/aromatic N) is 7. The summed E-state index contributed by atoms with van der Waals surface area (Å²) in [5.74, 6) is 0.883. The molecule has 2 aromatic rings. The van der Waals surface area contributed by atoms with E-state index >= 15 is 0 Å². The average Bonchev–Trinajstić information content (AvgIpc) is 3.35. The number of anilines is 1. The molecule has 4 rings (SSSR count). The van der Waals surface area contributed by atoms with Gasteiger partial charge in [0.05, 0.1) is 5.56 Å². The van der Waals surface area contributed by atoms with Gasteiger partial charge in [-0.25, -0.2) is 9.37 Å². The molecular weight excluding hydrogens is 533 g/mol. The Hall–Kier alpha value is -2.85. The van der Waals surface area contributed by atoms with Crippen LogP contribution in [0.3, 0.4) is 0 Å². The number of carbonyl (C=O) groups excluding carboxylic acids is 1. The molecule has 1 atom stereocenters. The number of hydrogen-bond donors (Lipinski definition) is 0. The van der Waals surface area contributed by atoms with Crippen LogP contribution in [0.2, 0.25) is 0 Å². The number of rotatable bonds is 12. The fraction of sp³-hybridized carbons (Fsp3) is 0.688. The highest BCUT2D eigenvalue weighted by atomic mass is 19.1. The molecule has 0 bridgehead atoms. The number of likely N-dealkylation sites (tertiary alicyclic amines) is 1. The van der Waals surface area contributed by atoms with Crippen LogP contribution in [-0.2, 0) is 0 Å². The fourth-order valence-corrected chi connectivity index (χ4v) is 6.39. The molecule has 2 saturated heterocycles. The van der Waals surface area contributed by atoms with Crippen molar-refractivity contribution in [2.75, 3.05) is 51.7 Å². The molecule has 2 aliphatic rings. The summed E-state index contributed by atoms with van der Waals surface area (Å²) in [5.41, 5.74) is 0.545. The molecule has 10 heteroatoms. The second-order valence-corrected chi connectivity index (χ2v) is 13.6. The molecule has 0 N–H and O–H groups in total. The summed E-state index contributed by atoms with van der Waals surface area (Å²) in [5, 5.41) is 8.22. The van der Waals surface area contributed by atoms with Crippen LogP contribution in [0.25, 0.3) is 0 Å². The van der Waals surface area contributed by atoms with E-state index in [4.69, 9.17) is 4.74 Å².